The van der Waals surface area contributed by atoms with E-state index in [-0.39, 0.29) is 11.7 Å². The van der Waals surface area contributed by atoms with Crippen molar-refractivity contribution in [1.29, 1.82) is 0 Å². The minimum atomic E-state index is -0.302. The highest BCUT2D eigenvalue weighted by molar-refractivity contribution is 6.35. The van der Waals surface area contributed by atoms with Crippen LogP contribution < -0.4 is 10.2 Å². The number of nitrogens with one attached hydrogen (secondary N) is 1. The summed E-state index contributed by atoms with van der Waals surface area (Å²) >= 11 is 12.1. The molecule has 0 spiro atoms. The van der Waals surface area contributed by atoms with Crippen LogP contribution in [0.25, 0.3) is 11.3 Å². The van der Waals surface area contributed by atoms with Crippen LogP contribution in [0.5, 0.6) is 0 Å². The number of carbonyl (C=O) groups excluding carboxylic acids is 1. The summed E-state index contributed by atoms with van der Waals surface area (Å²) in [4.78, 5) is 14.9. The third-order valence-corrected chi connectivity index (χ3v) is 5.69. The highest BCUT2D eigenvalue weighted by Gasteiger charge is 2.17. The molecule has 1 aliphatic heterocycles. The molecular weight excluding hydrogens is 407 g/mol. The monoisotopic (exact) mass is 428 g/mol. The first-order valence-corrected chi connectivity index (χ1v) is 10.5. The quantitative estimate of drug-likeness (QED) is 0.500. The molecule has 150 valence electrons. The topological polar surface area (TPSA) is 45.5 Å². The number of hydrogen-bond acceptors (Lipinski definition) is 3. The van der Waals surface area contributed by atoms with Gasteiger partial charge in [-0.25, -0.2) is 0 Å². The zero-order valence-corrected chi connectivity index (χ0v) is 17.6. The van der Waals surface area contributed by atoms with E-state index in [9.17, 15) is 4.79 Å². The summed E-state index contributed by atoms with van der Waals surface area (Å²) < 4.78 is 5.71. The van der Waals surface area contributed by atoms with Crippen LogP contribution in [0.3, 0.4) is 0 Å². The van der Waals surface area contributed by atoms with Crippen molar-refractivity contribution in [3.05, 3.63) is 70.4 Å². The molecule has 1 saturated heterocycles. The maximum atomic E-state index is 12.5. The van der Waals surface area contributed by atoms with Crippen LogP contribution in [0.1, 0.15) is 30.3 Å². The summed E-state index contributed by atoms with van der Waals surface area (Å²) in [5, 5.41) is 3.90. The van der Waals surface area contributed by atoms with Crippen molar-refractivity contribution >= 4 is 40.5 Å². The molecule has 3 aromatic rings. The van der Waals surface area contributed by atoms with Crippen molar-refractivity contribution in [3.63, 3.8) is 0 Å². The van der Waals surface area contributed by atoms with Gasteiger partial charge in [0.25, 0.3) is 5.91 Å². The van der Waals surface area contributed by atoms with E-state index >= 15 is 0 Å². The molecule has 4 nitrogen and oxygen atoms in total. The molecule has 4 rings (SSSR count). The van der Waals surface area contributed by atoms with Gasteiger partial charge < -0.3 is 14.6 Å². The zero-order chi connectivity index (χ0) is 20.4. The maximum absolute atomic E-state index is 12.5. The molecular formula is C23H22Cl2N2O2. The Labute approximate surface area is 180 Å². The van der Waals surface area contributed by atoms with Gasteiger partial charge in [-0.3, -0.25) is 4.79 Å². The highest BCUT2D eigenvalue weighted by atomic mass is 35.5. The Kier molecular flexibility index (Phi) is 5.84. The summed E-state index contributed by atoms with van der Waals surface area (Å²) in [6, 6.07) is 16.5. The van der Waals surface area contributed by atoms with Gasteiger partial charge in [0, 0.05) is 40.1 Å². The van der Waals surface area contributed by atoms with Gasteiger partial charge in [0.2, 0.25) is 0 Å². The van der Waals surface area contributed by atoms with E-state index in [1.54, 1.807) is 30.3 Å². The minimum Gasteiger partial charge on any atom is -0.451 e. The molecule has 0 atom stereocenters. The SMILES string of the molecule is CC1CCN(c2ccc(NC(=O)c3ccc(-c4cc(Cl)cc(Cl)c4)o3)cc2)CC1. The number of carbonyl (C=O) groups is 1. The first-order chi connectivity index (χ1) is 14.0. The van der Waals surface area contributed by atoms with Crippen molar-refractivity contribution in [1.82, 2.24) is 0 Å². The van der Waals surface area contributed by atoms with Crippen LogP contribution in [0.4, 0.5) is 11.4 Å². The predicted octanol–water partition coefficient (Wildman–Crippen LogP) is 6.74. The van der Waals surface area contributed by atoms with Crippen molar-refractivity contribution in [2.24, 2.45) is 5.92 Å². The van der Waals surface area contributed by atoms with E-state index in [0.717, 1.165) is 30.3 Å². The third-order valence-electron chi connectivity index (χ3n) is 5.25. The van der Waals surface area contributed by atoms with Gasteiger partial charge in [-0.2, -0.15) is 0 Å². The highest BCUT2D eigenvalue weighted by Crippen LogP contribution is 2.29. The van der Waals surface area contributed by atoms with E-state index in [1.807, 2.05) is 24.3 Å². The summed E-state index contributed by atoms with van der Waals surface area (Å²) in [5.74, 6) is 1.26. The Balaban J connectivity index is 1.42. The largest absolute Gasteiger partial charge is 0.451 e. The van der Waals surface area contributed by atoms with E-state index in [2.05, 4.69) is 17.1 Å². The Bertz CT molecular complexity index is 986. The Morgan fingerprint density at radius 1 is 1.00 bits per heavy atom. The maximum Gasteiger partial charge on any atom is 0.291 e. The number of amides is 1. The summed E-state index contributed by atoms with van der Waals surface area (Å²) in [5.41, 5.74) is 2.64. The van der Waals surface area contributed by atoms with Gasteiger partial charge >= 0.3 is 0 Å². The van der Waals surface area contributed by atoms with E-state index in [1.165, 1.54) is 18.5 Å². The predicted molar refractivity (Wildman–Crippen MR) is 119 cm³/mol. The second-order valence-electron chi connectivity index (χ2n) is 7.49. The lowest BCUT2D eigenvalue weighted by molar-refractivity contribution is 0.0997. The van der Waals surface area contributed by atoms with Crippen molar-refractivity contribution < 1.29 is 9.21 Å². The third kappa shape index (κ3) is 4.77. The molecule has 1 aliphatic rings. The van der Waals surface area contributed by atoms with Crippen molar-refractivity contribution in [3.8, 4) is 11.3 Å². The van der Waals surface area contributed by atoms with E-state index in [4.69, 9.17) is 27.6 Å². The fourth-order valence-electron chi connectivity index (χ4n) is 3.53. The molecule has 6 heteroatoms. The van der Waals surface area contributed by atoms with E-state index < -0.39 is 0 Å². The van der Waals surface area contributed by atoms with Gasteiger partial charge in [0.05, 0.1) is 0 Å². The van der Waals surface area contributed by atoms with Crippen LogP contribution in [0.2, 0.25) is 10.0 Å². The molecule has 29 heavy (non-hydrogen) atoms. The van der Waals surface area contributed by atoms with Crippen molar-refractivity contribution in [2.45, 2.75) is 19.8 Å². The van der Waals surface area contributed by atoms with Gasteiger partial charge in [0.15, 0.2) is 5.76 Å². The standard InChI is InChI=1S/C23H22Cl2N2O2/c1-15-8-10-27(11-9-15)20-4-2-19(3-5-20)26-23(28)22-7-6-21(29-22)16-12-17(24)14-18(25)13-16/h2-7,12-15H,8-11H2,1H3,(H,26,28). The zero-order valence-electron chi connectivity index (χ0n) is 16.1. The summed E-state index contributed by atoms with van der Waals surface area (Å²) in [6.45, 7) is 4.46. The molecule has 0 bridgehead atoms. The Morgan fingerprint density at radius 2 is 1.66 bits per heavy atom. The number of halogens is 2. The first kappa shape index (κ1) is 19.9. The molecule has 2 heterocycles. The second-order valence-corrected chi connectivity index (χ2v) is 8.37. The molecule has 0 aliphatic carbocycles. The summed E-state index contributed by atoms with van der Waals surface area (Å²) in [6.07, 6.45) is 2.44. The molecule has 0 radical (unpaired) electrons. The summed E-state index contributed by atoms with van der Waals surface area (Å²) in [7, 11) is 0. The fourth-order valence-corrected chi connectivity index (χ4v) is 4.05. The first-order valence-electron chi connectivity index (χ1n) is 9.70. The number of piperidine rings is 1. The minimum absolute atomic E-state index is 0.227. The van der Waals surface area contributed by atoms with Crippen LogP contribution in [-0.4, -0.2) is 19.0 Å². The Morgan fingerprint density at radius 3 is 2.31 bits per heavy atom. The lowest BCUT2D eigenvalue weighted by Crippen LogP contribution is -2.32. The average molecular weight is 429 g/mol. The van der Waals surface area contributed by atoms with E-state index in [0.29, 0.717) is 15.8 Å². The number of anilines is 2. The second kappa shape index (κ2) is 8.52. The number of hydrogen-bond donors (Lipinski definition) is 1. The molecule has 0 saturated carbocycles. The molecule has 1 aromatic heterocycles. The van der Waals surface area contributed by atoms with Crippen LogP contribution in [0.15, 0.2) is 59.0 Å². The molecule has 2 aromatic carbocycles. The number of benzene rings is 2. The van der Waals surface area contributed by atoms with Gasteiger partial charge in [0.1, 0.15) is 5.76 Å². The number of furan rings is 1. The Hall–Kier alpha value is -2.43. The van der Waals surface area contributed by atoms with Gasteiger partial charge in [-0.15, -0.1) is 0 Å². The number of nitrogens with zero attached hydrogens (tertiary/aromatic N) is 1. The lowest BCUT2D eigenvalue weighted by Gasteiger charge is -2.32. The normalized spacial score (nSPS) is 14.8. The van der Waals surface area contributed by atoms with Crippen LogP contribution in [-0.2, 0) is 0 Å². The average Bonchev–Trinajstić information content (AvgIpc) is 3.19. The van der Waals surface area contributed by atoms with Crippen LogP contribution >= 0.6 is 23.2 Å². The van der Waals surface area contributed by atoms with Crippen LogP contribution in [0, 0.1) is 5.92 Å². The van der Waals surface area contributed by atoms with Gasteiger partial charge in [-0.05, 0) is 73.4 Å². The lowest BCUT2D eigenvalue weighted by atomic mass is 9.99. The molecule has 1 amide bonds. The smallest absolute Gasteiger partial charge is 0.291 e. The molecule has 1 fully saturated rings. The molecule has 0 unspecified atom stereocenters. The van der Waals surface area contributed by atoms with Gasteiger partial charge in [-0.1, -0.05) is 30.1 Å². The molecule has 1 N–H and O–H groups in total. The fraction of sp³-hybridized carbons (Fsp3) is 0.261. The number of rotatable bonds is 4. The van der Waals surface area contributed by atoms with Crippen molar-refractivity contribution in [2.75, 3.05) is 23.3 Å².